The fraction of sp³-hybridized carbons (Fsp3) is 0.310. The highest BCUT2D eigenvalue weighted by Gasteiger charge is 2.32. The third-order valence-electron chi connectivity index (χ3n) is 6.16. The summed E-state index contributed by atoms with van der Waals surface area (Å²) in [5.74, 6) is -0.901. The van der Waals surface area contributed by atoms with Crippen molar-refractivity contribution in [2.24, 2.45) is 5.92 Å². The van der Waals surface area contributed by atoms with E-state index >= 15 is 0 Å². The fourth-order valence-corrected chi connectivity index (χ4v) is 5.37. The molecule has 0 aliphatic carbocycles. The topological polar surface area (TPSA) is 96.0 Å². The van der Waals surface area contributed by atoms with Crippen LogP contribution in [0, 0.1) is 11.7 Å². The van der Waals surface area contributed by atoms with Crippen LogP contribution >= 0.6 is 11.6 Å². The van der Waals surface area contributed by atoms with Crippen LogP contribution in [-0.4, -0.2) is 51.4 Å². The lowest BCUT2D eigenvalue weighted by Gasteiger charge is -2.32. The minimum absolute atomic E-state index is 0.0338. The van der Waals surface area contributed by atoms with Gasteiger partial charge in [-0.3, -0.25) is 13.9 Å². The molecule has 0 saturated heterocycles. The predicted molar refractivity (Wildman–Crippen MR) is 153 cm³/mol. The van der Waals surface area contributed by atoms with Gasteiger partial charge in [0.25, 0.3) is 10.0 Å². The van der Waals surface area contributed by atoms with Crippen molar-refractivity contribution < 1.29 is 27.1 Å². The zero-order chi connectivity index (χ0) is 29.4. The van der Waals surface area contributed by atoms with Gasteiger partial charge in [-0.1, -0.05) is 37.6 Å². The summed E-state index contributed by atoms with van der Waals surface area (Å²) in [6, 6.07) is 16.4. The summed E-state index contributed by atoms with van der Waals surface area (Å²) < 4.78 is 47.3. The number of carbonyl (C=O) groups excluding carboxylic acids is 2. The van der Waals surface area contributed by atoms with Crippen LogP contribution in [0.25, 0.3) is 0 Å². The SMILES string of the molecule is COc1ccc(S(=O)(=O)N(CC(=O)N(Cc2ccc(Cl)cc2)[C@H](C)C(=O)NCC(C)C)c2ccc(F)cc2)cc1. The molecule has 214 valence electrons. The van der Waals surface area contributed by atoms with Gasteiger partial charge in [0.15, 0.2) is 0 Å². The summed E-state index contributed by atoms with van der Waals surface area (Å²) in [4.78, 5) is 28.1. The van der Waals surface area contributed by atoms with Gasteiger partial charge in [0.05, 0.1) is 17.7 Å². The number of rotatable bonds is 12. The molecule has 0 aliphatic heterocycles. The number of nitrogens with one attached hydrogen (secondary N) is 1. The number of ether oxygens (including phenoxy) is 1. The van der Waals surface area contributed by atoms with Gasteiger partial charge >= 0.3 is 0 Å². The second kappa shape index (κ2) is 13.6. The van der Waals surface area contributed by atoms with E-state index in [0.29, 0.717) is 22.9 Å². The van der Waals surface area contributed by atoms with Crippen LogP contribution < -0.4 is 14.4 Å². The Hall–Kier alpha value is -3.63. The summed E-state index contributed by atoms with van der Waals surface area (Å²) in [5, 5.41) is 3.34. The molecule has 1 atom stereocenters. The number of halogens is 2. The van der Waals surface area contributed by atoms with E-state index in [0.717, 1.165) is 16.4 Å². The summed E-state index contributed by atoms with van der Waals surface area (Å²) in [6.45, 7) is 5.31. The lowest BCUT2D eigenvalue weighted by Crippen LogP contribution is -2.51. The number of anilines is 1. The molecule has 3 aromatic carbocycles. The molecule has 0 heterocycles. The average Bonchev–Trinajstić information content (AvgIpc) is 2.94. The zero-order valence-corrected chi connectivity index (χ0v) is 24.4. The van der Waals surface area contributed by atoms with Crippen molar-refractivity contribution in [2.75, 3.05) is 24.5 Å². The highest BCUT2D eigenvalue weighted by Crippen LogP contribution is 2.26. The summed E-state index contributed by atoms with van der Waals surface area (Å²) >= 11 is 6.02. The van der Waals surface area contributed by atoms with Crippen LogP contribution in [0.15, 0.2) is 77.7 Å². The van der Waals surface area contributed by atoms with E-state index < -0.39 is 34.3 Å². The minimum Gasteiger partial charge on any atom is -0.497 e. The Balaban J connectivity index is 2.00. The smallest absolute Gasteiger partial charge is 0.264 e. The lowest BCUT2D eigenvalue weighted by molar-refractivity contribution is -0.139. The number of nitrogens with zero attached hydrogens (tertiary/aromatic N) is 2. The van der Waals surface area contributed by atoms with Crippen LogP contribution in [0.2, 0.25) is 5.02 Å². The molecule has 0 aliphatic rings. The monoisotopic (exact) mass is 589 g/mol. The Morgan fingerprint density at radius 3 is 2.10 bits per heavy atom. The van der Waals surface area contributed by atoms with Crippen LogP contribution in [0.3, 0.4) is 0 Å². The fourth-order valence-electron chi connectivity index (χ4n) is 3.83. The largest absolute Gasteiger partial charge is 0.497 e. The summed E-state index contributed by atoms with van der Waals surface area (Å²) in [5.41, 5.74) is 0.793. The van der Waals surface area contributed by atoms with Crippen molar-refractivity contribution in [2.45, 2.75) is 38.3 Å². The normalized spacial score (nSPS) is 12.1. The quantitative estimate of drug-likeness (QED) is 0.325. The van der Waals surface area contributed by atoms with E-state index in [9.17, 15) is 22.4 Å². The maximum Gasteiger partial charge on any atom is 0.264 e. The molecule has 3 aromatic rings. The van der Waals surface area contributed by atoms with Crippen LogP contribution in [0.1, 0.15) is 26.3 Å². The van der Waals surface area contributed by atoms with Crippen molar-refractivity contribution in [1.29, 1.82) is 0 Å². The average molecular weight is 590 g/mol. The molecular formula is C29H33ClFN3O5S. The highest BCUT2D eigenvalue weighted by atomic mass is 35.5. The number of hydrogen-bond donors (Lipinski definition) is 1. The highest BCUT2D eigenvalue weighted by molar-refractivity contribution is 7.92. The number of hydrogen-bond acceptors (Lipinski definition) is 5. The van der Waals surface area contributed by atoms with E-state index in [2.05, 4.69) is 5.32 Å². The first-order chi connectivity index (χ1) is 18.9. The molecule has 40 heavy (non-hydrogen) atoms. The van der Waals surface area contributed by atoms with Gasteiger partial charge in [0.1, 0.15) is 24.2 Å². The molecule has 0 bridgehead atoms. The Labute approximate surface area is 239 Å². The number of carbonyl (C=O) groups is 2. The van der Waals surface area contributed by atoms with Crippen molar-refractivity contribution in [1.82, 2.24) is 10.2 Å². The molecule has 0 fully saturated rings. The molecule has 11 heteroatoms. The molecule has 0 saturated carbocycles. The summed E-state index contributed by atoms with van der Waals surface area (Å²) in [7, 11) is -2.82. The van der Waals surface area contributed by atoms with Gasteiger partial charge in [0.2, 0.25) is 11.8 Å². The Bertz CT molecular complexity index is 1400. The number of benzene rings is 3. The molecule has 0 radical (unpaired) electrons. The Kier molecular flexibility index (Phi) is 10.5. The number of sulfonamides is 1. The van der Waals surface area contributed by atoms with E-state index in [1.165, 1.54) is 48.4 Å². The minimum atomic E-state index is -4.28. The molecule has 0 aromatic heterocycles. The van der Waals surface area contributed by atoms with Gasteiger partial charge in [-0.15, -0.1) is 0 Å². The number of methoxy groups -OCH3 is 1. The molecule has 0 unspecified atom stereocenters. The molecule has 2 amide bonds. The van der Waals surface area contributed by atoms with Crippen LogP contribution in [-0.2, 0) is 26.2 Å². The standard InChI is InChI=1S/C29H33ClFN3O5S/c1-20(2)17-32-29(36)21(3)33(18-22-5-7-23(30)8-6-22)28(35)19-34(25-11-9-24(31)10-12-25)40(37,38)27-15-13-26(39-4)14-16-27/h5-16,20-21H,17-19H2,1-4H3,(H,32,36)/t21-/m1/s1. The first-order valence-electron chi connectivity index (χ1n) is 12.7. The van der Waals surface area contributed by atoms with Gasteiger partial charge < -0.3 is 15.0 Å². The van der Waals surface area contributed by atoms with Crippen molar-refractivity contribution in [3.63, 3.8) is 0 Å². The van der Waals surface area contributed by atoms with Crippen molar-refractivity contribution in [3.8, 4) is 5.75 Å². The maximum absolute atomic E-state index is 13.8. The van der Waals surface area contributed by atoms with E-state index in [4.69, 9.17) is 16.3 Å². The van der Waals surface area contributed by atoms with E-state index in [-0.39, 0.29) is 29.0 Å². The molecule has 3 rings (SSSR count). The Morgan fingerprint density at radius 1 is 0.950 bits per heavy atom. The third-order valence-corrected chi connectivity index (χ3v) is 8.20. The number of amides is 2. The van der Waals surface area contributed by atoms with Crippen molar-refractivity contribution in [3.05, 3.63) is 89.2 Å². The lowest BCUT2D eigenvalue weighted by atomic mass is 10.1. The first-order valence-corrected chi connectivity index (χ1v) is 14.5. The molecular weight excluding hydrogens is 557 g/mol. The van der Waals surface area contributed by atoms with Crippen molar-refractivity contribution >= 4 is 39.1 Å². The predicted octanol–water partition coefficient (Wildman–Crippen LogP) is 4.87. The molecule has 8 nitrogen and oxygen atoms in total. The molecule has 0 spiro atoms. The third kappa shape index (κ3) is 7.95. The summed E-state index contributed by atoms with van der Waals surface area (Å²) in [6.07, 6.45) is 0. The van der Waals surface area contributed by atoms with Gasteiger partial charge in [0, 0.05) is 18.1 Å². The molecule has 1 N–H and O–H groups in total. The first kappa shape index (κ1) is 30.9. The zero-order valence-electron chi connectivity index (χ0n) is 22.8. The second-order valence-corrected chi connectivity index (χ2v) is 11.9. The van der Waals surface area contributed by atoms with Crippen LogP contribution in [0.5, 0.6) is 5.75 Å². The maximum atomic E-state index is 13.8. The van der Waals surface area contributed by atoms with Gasteiger partial charge in [-0.2, -0.15) is 0 Å². The van der Waals surface area contributed by atoms with Gasteiger partial charge in [-0.05, 0) is 79.1 Å². The Morgan fingerprint density at radius 2 is 1.55 bits per heavy atom. The van der Waals surface area contributed by atoms with E-state index in [1.807, 2.05) is 13.8 Å². The van der Waals surface area contributed by atoms with E-state index in [1.54, 1.807) is 31.2 Å². The van der Waals surface area contributed by atoms with Gasteiger partial charge in [-0.25, -0.2) is 12.8 Å². The second-order valence-electron chi connectivity index (χ2n) is 9.63. The van der Waals surface area contributed by atoms with Crippen LogP contribution in [0.4, 0.5) is 10.1 Å².